The highest BCUT2D eigenvalue weighted by atomic mass is 79.9. The molecule has 1 amide bonds. The van der Waals surface area contributed by atoms with Crippen molar-refractivity contribution < 1.29 is 4.79 Å². The summed E-state index contributed by atoms with van der Waals surface area (Å²) in [7, 11) is 0. The summed E-state index contributed by atoms with van der Waals surface area (Å²) in [6, 6.07) is 5.86. The summed E-state index contributed by atoms with van der Waals surface area (Å²) in [5, 5.41) is 0. The van der Waals surface area contributed by atoms with E-state index < -0.39 is 0 Å². The third-order valence-corrected chi connectivity index (χ3v) is 4.50. The van der Waals surface area contributed by atoms with E-state index in [1.165, 1.54) is 19.3 Å². The maximum Gasteiger partial charge on any atom is 0.254 e. The summed E-state index contributed by atoms with van der Waals surface area (Å²) in [5.41, 5.74) is 1.88. The fourth-order valence-corrected chi connectivity index (χ4v) is 2.83. The van der Waals surface area contributed by atoms with Crippen LogP contribution in [0.3, 0.4) is 0 Å². The highest BCUT2D eigenvalue weighted by molar-refractivity contribution is 9.10. The molecule has 0 aromatic heterocycles. The van der Waals surface area contributed by atoms with Crippen LogP contribution >= 0.6 is 15.9 Å². The van der Waals surface area contributed by atoms with Gasteiger partial charge in [-0.1, -0.05) is 41.3 Å². The molecular weight excluding hydrogens is 290 g/mol. The number of hydrogen-bond donors (Lipinski definition) is 0. The summed E-state index contributed by atoms with van der Waals surface area (Å²) < 4.78 is 1.01. The molecule has 1 aromatic carbocycles. The van der Waals surface area contributed by atoms with Gasteiger partial charge in [0.25, 0.3) is 5.91 Å². The Hall–Kier alpha value is -0.830. The Morgan fingerprint density at radius 2 is 1.72 bits per heavy atom. The largest absolute Gasteiger partial charge is 0.339 e. The van der Waals surface area contributed by atoms with Crippen LogP contribution in [0.4, 0.5) is 0 Å². The number of halogens is 1. The fraction of sp³-hybridized carbons (Fsp3) is 0.533. The van der Waals surface area contributed by atoms with E-state index in [2.05, 4.69) is 15.9 Å². The van der Waals surface area contributed by atoms with Gasteiger partial charge in [0.15, 0.2) is 0 Å². The third-order valence-electron chi connectivity index (χ3n) is 3.64. The van der Waals surface area contributed by atoms with Crippen LogP contribution in [0.1, 0.15) is 48.0 Å². The van der Waals surface area contributed by atoms with Crippen molar-refractivity contribution in [2.75, 3.05) is 13.1 Å². The van der Waals surface area contributed by atoms with Crippen molar-refractivity contribution in [2.45, 2.75) is 39.0 Å². The van der Waals surface area contributed by atoms with E-state index in [9.17, 15) is 4.79 Å². The molecule has 1 heterocycles. The Balaban J connectivity index is 2.16. The van der Waals surface area contributed by atoms with Gasteiger partial charge in [-0.3, -0.25) is 4.79 Å². The lowest BCUT2D eigenvalue weighted by Crippen LogP contribution is -2.34. The van der Waals surface area contributed by atoms with Crippen molar-refractivity contribution in [1.82, 2.24) is 4.90 Å². The first-order chi connectivity index (χ1) is 8.70. The minimum Gasteiger partial charge on any atom is -0.339 e. The number of carbonyl (C=O) groups is 1. The lowest BCUT2D eigenvalue weighted by atomic mass is 10.0. The normalized spacial score (nSPS) is 17.1. The first kappa shape index (κ1) is 13.6. The van der Waals surface area contributed by atoms with Gasteiger partial charge < -0.3 is 4.90 Å². The molecule has 0 radical (unpaired) electrons. The van der Waals surface area contributed by atoms with E-state index in [0.29, 0.717) is 0 Å². The van der Waals surface area contributed by atoms with E-state index in [4.69, 9.17) is 0 Å². The van der Waals surface area contributed by atoms with Crippen LogP contribution in [-0.4, -0.2) is 23.9 Å². The van der Waals surface area contributed by atoms with Crippen molar-refractivity contribution in [3.05, 3.63) is 33.8 Å². The lowest BCUT2D eigenvalue weighted by Gasteiger charge is -2.25. The van der Waals surface area contributed by atoms with Crippen molar-refractivity contribution in [3.8, 4) is 0 Å². The van der Waals surface area contributed by atoms with E-state index >= 15 is 0 Å². The summed E-state index contributed by atoms with van der Waals surface area (Å²) in [6.07, 6.45) is 6.10. The highest BCUT2D eigenvalue weighted by Gasteiger charge is 2.18. The van der Waals surface area contributed by atoms with Gasteiger partial charge in [-0.05, 0) is 37.5 Å². The second kappa shape index (κ2) is 6.37. The van der Waals surface area contributed by atoms with E-state index in [-0.39, 0.29) is 5.91 Å². The van der Waals surface area contributed by atoms with Crippen LogP contribution < -0.4 is 0 Å². The minimum absolute atomic E-state index is 0.190. The van der Waals surface area contributed by atoms with Gasteiger partial charge in [0.05, 0.1) is 0 Å². The summed E-state index contributed by atoms with van der Waals surface area (Å²) in [6.45, 7) is 3.82. The summed E-state index contributed by atoms with van der Waals surface area (Å²) in [5.74, 6) is 0.190. The molecule has 0 aliphatic carbocycles. The molecule has 0 spiro atoms. The Kier molecular flexibility index (Phi) is 4.81. The Bertz CT molecular complexity index is 423. The molecule has 1 aliphatic heterocycles. The number of rotatable bonds is 1. The van der Waals surface area contributed by atoms with Gasteiger partial charge in [-0.15, -0.1) is 0 Å². The van der Waals surface area contributed by atoms with Gasteiger partial charge in [-0.2, -0.15) is 0 Å². The number of likely N-dealkylation sites (tertiary alicyclic amines) is 1. The molecule has 1 saturated heterocycles. The zero-order valence-electron chi connectivity index (χ0n) is 10.9. The predicted molar refractivity (Wildman–Crippen MR) is 77.9 cm³/mol. The van der Waals surface area contributed by atoms with Crippen molar-refractivity contribution >= 4 is 21.8 Å². The molecule has 0 atom stereocenters. The van der Waals surface area contributed by atoms with Crippen LogP contribution in [0, 0.1) is 6.92 Å². The SMILES string of the molecule is Cc1c(Br)cccc1C(=O)N1CCCCCCC1. The lowest BCUT2D eigenvalue weighted by molar-refractivity contribution is 0.0741. The molecular formula is C15H20BrNO. The molecule has 0 unspecified atom stereocenters. The topological polar surface area (TPSA) is 20.3 Å². The first-order valence-corrected chi connectivity index (χ1v) is 7.54. The number of carbonyl (C=O) groups excluding carboxylic acids is 1. The molecule has 0 N–H and O–H groups in total. The zero-order chi connectivity index (χ0) is 13.0. The monoisotopic (exact) mass is 309 g/mol. The van der Waals surface area contributed by atoms with E-state index in [1.54, 1.807) is 0 Å². The number of hydrogen-bond acceptors (Lipinski definition) is 1. The first-order valence-electron chi connectivity index (χ1n) is 6.74. The van der Waals surface area contributed by atoms with Crippen molar-refractivity contribution in [2.24, 2.45) is 0 Å². The van der Waals surface area contributed by atoms with Crippen molar-refractivity contribution in [1.29, 1.82) is 0 Å². The number of nitrogens with zero attached hydrogens (tertiary/aromatic N) is 1. The second-order valence-corrected chi connectivity index (χ2v) is 5.83. The average molecular weight is 310 g/mol. The maximum absolute atomic E-state index is 12.5. The van der Waals surface area contributed by atoms with Gasteiger partial charge in [0.2, 0.25) is 0 Å². The Labute approximate surface area is 117 Å². The fourth-order valence-electron chi connectivity index (χ4n) is 2.46. The molecule has 0 saturated carbocycles. The van der Waals surface area contributed by atoms with Crippen LogP contribution in [0.5, 0.6) is 0 Å². The van der Waals surface area contributed by atoms with Gasteiger partial charge in [-0.25, -0.2) is 0 Å². The predicted octanol–water partition coefficient (Wildman–Crippen LogP) is 4.16. The van der Waals surface area contributed by atoms with E-state index in [1.807, 2.05) is 30.0 Å². The molecule has 2 nitrogen and oxygen atoms in total. The second-order valence-electron chi connectivity index (χ2n) is 4.97. The third kappa shape index (κ3) is 3.14. The van der Waals surface area contributed by atoms with Gasteiger partial charge in [0, 0.05) is 23.1 Å². The molecule has 1 aromatic rings. The number of benzene rings is 1. The Morgan fingerprint density at radius 3 is 2.39 bits per heavy atom. The zero-order valence-corrected chi connectivity index (χ0v) is 12.5. The highest BCUT2D eigenvalue weighted by Crippen LogP contribution is 2.22. The maximum atomic E-state index is 12.5. The number of amides is 1. The molecule has 18 heavy (non-hydrogen) atoms. The molecule has 1 fully saturated rings. The molecule has 0 bridgehead atoms. The Morgan fingerprint density at radius 1 is 1.11 bits per heavy atom. The van der Waals surface area contributed by atoms with Crippen LogP contribution in [0.25, 0.3) is 0 Å². The van der Waals surface area contributed by atoms with E-state index in [0.717, 1.165) is 41.5 Å². The van der Waals surface area contributed by atoms with Crippen molar-refractivity contribution in [3.63, 3.8) is 0 Å². The molecule has 98 valence electrons. The smallest absolute Gasteiger partial charge is 0.254 e. The van der Waals surface area contributed by atoms with Crippen LogP contribution in [0.2, 0.25) is 0 Å². The van der Waals surface area contributed by atoms with Crippen LogP contribution in [-0.2, 0) is 0 Å². The molecule has 3 heteroatoms. The standard InChI is InChI=1S/C15H20BrNO/c1-12-13(8-7-9-14(12)16)15(18)17-10-5-3-2-4-6-11-17/h7-9H,2-6,10-11H2,1H3. The minimum atomic E-state index is 0.190. The average Bonchev–Trinajstić information content (AvgIpc) is 2.31. The van der Waals surface area contributed by atoms with Gasteiger partial charge >= 0.3 is 0 Å². The van der Waals surface area contributed by atoms with Gasteiger partial charge in [0.1, 0.15) is 0 Å². The molecule has 1 aliphatic rings. The quantitative estimate of drug-likeness (QED) is 0.762. The molecule has 2 rings (SSSR count). The summed E-state index contributed by atoms with van der Waals surface area (Å²) >= 11 is 3.50. The van der Waals surface area contributed by atoms with Crippen LogP contribution in [0.15, 0.2) is 22.7 Å². The summed E-state index contributed by atoms with van der Waals surface area (Å²) in [4.78, 5) is 14.6.